The third-order valence-corrected chi connectivity index (χ3v) is 13.9. The Kier molecular flexibility index (Phi) is 9.69. The van der Waals surface area contributed by atoms with Crippen LogP contribution in [-0.4, -0.2) is 0 Å². The summed E-state index contributed by atoms with van der Waals surface area (Å²) in [4.78, 5) is 4.76. The Morgan fingerprint density at radius 2 is 0.828 bits per heavy atom. The first-order valence-corrected chi connectivity index (χ1v) is 22.7. The molecule has 0 spiro atoms. The zero-order chi connectivity index (χ0) is 43.4. The van der Waals surface area contributed by atoms with Gasteiger partial charge in [0, 0.05) is 45.0 Å². The molecule has 0 heterocycles. The van der Waals surface area contributed by atoms with Crippen LogP contribution in [0.4, 0.5) is 34.1 Å². The maximum atomic E-state index is 2.46. The molecule has 0 aromatic heterocycles. The van der Waals surface area contributed by atoms with Gasteiger partial charge in [0.15, 0.2) is 0 Å². The average Bonchev–Trinajstić information content (AvgIpc) is 3.71. The maximum absolute atomic E-state index is 2.46. The van der Waals surface area contributed by atoms with Crippen LogP contribution in [0.3, 0.4) is 0 Å². The number of hydrogen-bond donors (Lipinski definition) is 0. The van der Waals surface area contributed by atoms with Crippen molar-refractivity contribution in [2.45, 2.75) is 51.4 Å². The highest BCUT2D eigenvalue weighted by Crippen LogP contribution is 2.53. The molecule has 0 unspecified atom stereocenters. The summed E-state index contributed by atoms with van der Waals surface area (Å²) in [5.74, 6) is 0. The van der Waals surface area contributed by atoms with Gasteiger partial charge in [0.25, 0.3) is 0 Å². The second-order valence-electron chi connectivity index (χ2n) is 18.5. The number of nitrogens with zero attached hydrogens (tertiary/aromatic N) is 2. The van der Waals surface area contributed by atoms with Crippen molar-refractivity contribution >= 4 is 51.8 Å². The summed E-state index contributed by atoms with van der Waals surface area (Å²) < 4.78 is 0. The first-order valence-electron chi connectivity index (χ1n) is 22.7. The van der Waals surface area contributed by atoms with Gasteiger partial charge in [-0.3, -0.25) is 0 Å². The molecule has 0 aliphatic heterocycles. The Hall–Kier alpha value is -7.42. The van der Waals surface area contributed by atoms with Crippen LogP contribution < -0.4 is 9.80 Å². The second kappa shape index (κ2) is 15.7. The minimum atomic E-state index is -0.0899. The van der Waals surface area contributed by atoms with E-state index >= 15 is 0 Å². The molecule has 0 amide bonds. The van der Waals surface area contributed by atoms with Crippen LogP contribution in [0.2, 0.25) is 0 Å². The van der Waals surface area contributed by atoms with Crippen LogP contribution in [0.25, 0.3) is 40.0 Å². The van der Waals surface area contributed by atoms with Crippen LogP contribution >= 0.6 is 0 Å². The van der Waals surface area contributed by atoms with Crippen molar-refractivity contribution in [2.75, 3.05) is 9.80 Å². The molecule has 8 aromatic rings. The van der Waals surface area contributed by atoms with Crippen molar-refractivity contribution in [3.8, 4) is 22.3 Å². The first-order chi connectivity index (χ1) is 31.2. The molecular formula is C62H52N2. The van der Waals surface area contributed by atoms with E-state index in [4.69, 9.17) is 0 Å². The molecule has 11 rings (SSSR count). The molecule has 2 nitrogen and oxygen atoms in total. The molecule has 0 radical (unpaired) electrons. The molecule has 0 saturated heterocycles. The highest BCUT2D eigenvalue weighted by Gasteiger charge is 2.38. The third kappa shape index (κ3) is 6.82. The molecule has 0 N–H and O–H groups in total. The Labute approximate surface area is 378 Å². The van der Waals surface area contributed by atoms with Gasteiger partial charge in [-0.05, 0) is 152 Å². The monoisotopic (exact) mass is 824 g/mol. The van der Waals surface area contributed by atoms with Crippen LogP contribution in [0.15, 0.2) is 212 Å². The lowest BCUT2D eigenvalue weighted by atomic mass is 9.80. The lowest BCUT2D eigenvalue weighted by Gasteiger charge is -2.30. The molecule has 0 atom stereocenters. The summed E-state index contributed by atoms with van der Waals surface area (Å²) in [6.45, 7) is 9.52. The quantitative estimate of drug-likeness (QED) is 0.134. The highest BCUT2D eigenvalue weighted by atomic mass is 15.1. The number of fused-ring (bicyclic) bond motifs is 5. The number of hydrogen-bond acceptors (Lipinski definition) is 2. The normalized spacial score (nSPS) is 15.1. The van der Waals surface area contributed by atoms with Gasteiger partial charge in [-0.15, -0.1) is 0 Å². The topological polar surface area (TPSA) is 6.48 Å². The van der Waals surface area contributed by atoms with Crippen LogP contribution in [0, 0.1) is 0 Å². The molecule has 0 fully saturated rings. The van der Waals surface area contributed by atoms with E-state index in [9.17, 15) is 0 Å². The van der Waals surface area contributed by atoms with Gasteiger partial charge >= 0.3 is 0 Å². The summed E-state index contributed by atoms with van der Waals surface area (Å²) >= 11 is 0. The summed E-state index contributed by atoms with van der Waals surface area (Å²) in [6, 6.07) is 71.1. The van der Waals surface area contributed by atoms with Gasteiger partial charge in [0.05, 0.1) is 0 Å². The van der Waals surface area contributed by atoms with Gasteiger partial charge in [-0.2, -0.15) is 0 Å². The largest absolute Gasteiger partial charge is 0.311 e. The molecule has 3 aliphatic carbocycles. The summed E-state index contributed by atoms with van der Waals surface area (Å²) in [5, 5.41) is 0. The van der Waals surface area contributed by atoms with Gasteiger partial charge in [0.1, 0.15) is 0 Å². The zero-order valence-corrected chi connectivity index (χ0v) is 37.1. The maximum Gasteiger partial charge on any atom is 0.0465 e. The SMILES string of the molecule is CC1(C)C2=C(CCC=C2)c2ccc(N(c3ccc(/C=C\c4ccc(-c5ccc(N(c6ccccc6)c6ccccc6)cc5)cc4)cc3)c3ccc4c(c3)C(C)(C)c3ccccc3-4)cc21. The van der Waals surface area contributed by atoms with E-state index < -0.39 is 0 Å². The summed E-state index contributed by atoms with van der Waals surface area (Å²) in [6.07, 6.45) is 11.4. The standard InChI is InChI=1S/C62H52N2/c1-61(2)57-21-13-11-19-53(57)55-39-37-51(41-59(55)61)64(52-38-40-56-54-20-12-14-22-58(54)62(3,4)60(56)42-52)49-33-27-44(28-34-49)24-23-43-25-29-45(30-26-43)46-31-35-50(36-32-46)63(47-15-7-5-8-16-47)48-17-9-6-10-18-48/h5-11,13-19,21-42H,12,20H2,1-4H3/b24-23-. The van der Waals surface area contributed by atoms with E-state index in [1.165, 1.54) is 72.6 Å². The van der Waals surface area contributed by atoms with Crippen molar-refractivity contribution in [2.24, 2.45) is 0 Å². The number of para-hydroxylation sites is 2. The van der Waals surface area contributed by atoms with E-state index in [1.807, 2.05) is 0 Å². The van der Waals surface area contributed by atoms with Gasteiger partial charge in [-0.1, -0.05) is 173 Å². The average molecular weight is 825 g/mol. The number of rotatable bonds is 9. The van der Waals surface area contributed by atoms with E-state index in [0.29, 0.717) is 0 Å². The lowest BCUT2D eigenvalue weighted by molar-refractivity contribution is 0.651. The number of anilines is 6. The molecule has 3 aliphatic rings. The number of benzene rings is 8. The van der Waals surface area contributed by atoms with Gasteiger partial charge in [0.2, 0.25) is 0 Å². The molecule has 0 bridgehead atoms. The minimum absolute atomic E-state index is 0.0463. The van der Waals surface area contributed by atoms with Crippen molar-refractivity contribution in [3.05, 3.63) is 245 Å². The molecule has 64 heavy (non-hydrogen) atoms. The Morgan fingerprint density at radius 3 is 1.44 bits per heavy atom. The van der Waals surface area contributed by atoms with Crippen molar-refractivity contribution in [1.29, 1.82) is 0 Å². The second-order valence-corrected chi connectivity index (χ2v) is 18.5. The molecule has 0 saturated carbocycles. The Morgan fingerprint density at radius 1 is 0.391 bits per heavy atom. The fraction of sp³-hybridized carbons (Fsp3) is 0.129. The minimum Gasteiger partial charge on any atom is -0.311 e. The van der Waals surface area contributed by atoms with Crippen LogP contribution in [0.5, 0.6) is 0 Å². The molecule has 2 heteroatoms. The third-order valence-electron chi connectivity index (χ3n) is 13.9. The van der Waals surface area contributed by atoms with Crippen LogP contribution in [-0.2, 0) is 10.8 Å². The zero-order valence-electron chi connectivity index (χ0n) is 37.1. The Bertz CT molecular complexity index is 3070. The summed E-state index contributed by atoms with van der Waals surface area (Å²) in [5.41, 5.74) is 22.8. The van der Waals surface area contributed by atoms with Gasteiger partial charge in [-0.25, -0.2) is 0 Å². The predicted molar refractivity (Wildman–Crippen MR) is 272 cm³/mol. The smallest absolute Gasteiger partial charge is 0.0465 e. The first kappa shape index (κ1) is 39.4. The predicted octanol–water partition coefficient (Wildman–Crippen LogP) is 17.2. The molecule has 310 valence electrons. The van der Waals surface area contributed by atoms with Crippen LogP contribution in [0.1, 0.15) is 73.9 Å². The van der Waals surface area contributed by atoms with Crippen molar-refractivity contribution in [1.82, 2.24) is 0 Å². The number of allylic oxidation sites excluding steroid dienone is 4. The molecule has 8 aromatic carbocycles. The van der Waals surface area contributed by atoms with E-state index in [1.54, 1.807) is 0 Å². The fourth-order valence-corrected chi connectivity index (χ4v) is 10.5. The van der Waals surface area contributed by atoms with Crippen molar-refractivity contribution < 1.29 is 0 Å². The van der Waals surface area contributed by atoms with E-state index in [2.05, 4.69) is 256 Å². The highest BCUT2D eigenvalue weighted by molar-refractivity contribution is 5.89. The van der Waals surface area contributed by atoms with E-state index in [-0.39, 0.29) is 10.8 Å². The lowest BCUT2D eigenvalue weighted by Crippen LogP contribution is -2.18. The summed E-state index contributed by atoms with van der Waals surface area (Å²) in [7, 11) is 0. The van der Waals surface area contributed by atoms with Gasteiger partial charge < -0.3 is 9.80 Å². The Balaban J connectivity index is 0.870. The van der Waals surface area contributed by atoms with E-state index in [0.717, 1.165) is 41.2 Å². The molecular weight excluding hydrogens is 773 g/mol. The fourth-order valence-electron chi connectivity index (χ4n) is 10.5. The van der Waals surface area contributed by atoms with Crippen molar-refractivity contribution in [3.63, 3.8) is 0 Å².